The third-order valence-electron chi connectivity index (χ3n) is 3.50. The number of piperidine rings is 1. The SMILES string of the molecule is CC1CCCNC1c1nc(-c2ncc(Br)cc2Br)no1. The van der Waals surface area contributed by atoms with Crippen molar-refractivity contribution in [2.45, 2.75) is 25.8 Å². The molecule has 0 spiro atoms. The van der Waals surface area contributed by atoms with Crippen LogP contribution < -0.4 is 5.32 Å². The van der Waals surface area contributed by atoms with E-state index in [-0.39, 0.29) is 6.04 Å². The van der Waals surface area contributed by atoms with Crippen molar-refractivity contribution in [3.05, 3.63) is 27.1 Å². The van der Waals surface area contributed by atoms with Gasteiger partial charge in [0.1, 0.15) is 5.69 Å². The van der Waals surface area contributed by atoms with Gasteiger partial charge in [-0.1, -0.05) is 12.1 Å². The standard InChI is InChI=1S/C13H14Br2N4O/c1-7-3-2-4-16-10(7)13-18-12(19-20-13)11-9(15)5-8(14)6-17-11/h5-7,10,16H,2-4H2,1H3. The summed E-state index contributed by atoms with van der Waals surface area (Å²) in [4.78, 5) is 8.82. The molecule has 0 bridgehead atoms. The van der Waals surface area contributed by atoms with E-state index in [0.717, 1.165) is 15.5 Å². The second-order valence-corrected chi connectivity index (χ2v) is 6.76. The van der Waals surface area contributed by atoms with E-state index in [2.05, 4.69) is 59.2 Å². The van der Waals surface area contributed by atoms with E-state index in [1.165, 1.54) is 12.8 Å². The Bertz CT molecular complexity index is 616. The molecule has 1 aliphatic heterocycles. The molecule has 0 radical (unpaired) electrons. The fourth-order valence-electron chi connectivity index (χ4n) is 2.42. The molecule has 106 valence electrons. The Kier molecular flexibility index (Phi) is 4.18. The molecule has 0 aliphatic carbocycles. The van der Waals surface area contributed by atoms with Gasteiger partial charge in [0.2, 0.25) is 11.7 Å². The molecular weight excluding hydrogens is 388 g/mol. The van der Waals surface area contributed by atoms with E-state index in [4.69, 9.17) is 4.52 Å². The van der Waals surface area contributed by atoms with Crippen molar-refractivity contribution in [1.29, 1.82) is 0 Å². The lowest BCUT2D eigenvalue weighted by molar-refractivity contribution is 0.239. The smallest absolute Gasteiger partial charge is 0.244 e. The van der Waals surface area contributed by atoms with Gasteiger partial charge in [0.15, 0.2) is 0 Å². The second-order valence-electron chi connectivity index (χ2n) is 4.99. The Labute approximate surface area is 133 Å². The van der Waals surface area contributed by atoms with Crippen LogP contribution in [0.2, 0.25) is 0 Å². The first-order chi connectivity index (χ1) is 9.65. The van der Waals surface area contributed by atoms with Crippen LogP contribution in [0.5, 0.6) is 0 Å². The van der Waals surface area contributed by atoms with Crippen LogP contribution in [0.3, 0.4) is 0 Å². The first kappa shape index (κ1) is 14.2. The quantitative estimate of drug-likeness (QED) is 0.830. The van der Waals surface area contributed by atoms with Crippen molar-refractivity contribution in [3.63, 3.8) is 0 Å². The summed E-state index contributed by atoms with van der Waals surface area (Å²) in [6.07, 6.45) is 4.09. The molecule has 1 saturated heterocycles. The summed E-state index contributed by atoms with van der Waals surface area (Å²) in [6.45, 7) is 3.20. The van der Waals surface area contributed by atoms with Gasteiger partial charge < -0.3 is 9.84 Å². The van der Waals surface area contributed by atoms with E-state index in [1.54, 1.807) is 6.20 Å². The zero-order valence-corrected chi connectivity index (χ0v) is 14.1. The van der Waals surface area contributed by atoms with Crippen LogP contribution in [-0.4, -0.2) is 21.7 Å². The van der Waals surface area contributed by atoms with Crippen LogP contribution in [0.4, 0.5) is 0 Å². The fourth-order valence-corrected chi connectivity index (χ4v) is 3.58. The molecule has 2 unspecified atom stereocenters. The summed E-state index contributed by atoms with van der Waals surface area (Å²) < 4.78 is 7.16. The Balaban J connectivity index is 1.89. The number of hydrogen-bond acceptors (Lipinski definition) is 5. The minimum Gasteiger partial charge on any atom is -0.337 e. The van der Waals surface area contributed by atoms with Gasteiger partial charge >= 0.3 is 0 Å². The van der Waals surface area contributed by atoms with Gasteiger partial charge in [0, 0.05) is 15.1 Å². The van der Waals surface area contributed by atoms with Crippen molar-refractivity contribution in [2.75, 3.05) is 6.54 Å². The number of nitrogens with zero attached hydrogens (tertiary/aromatic N) is 3. The molecule has 20 heavy (non-hydrogen) atoms. The number of aromatic nitrogens is 3. The largest absolute Gasteiger partial charge is 0.337 e. The van der Waals surface area contributed by atoms with Crippen molar-refractivity contribution < 1.29 is 4.52 Å². The highest BCUT2D eigenvalue weighted by atomic mass is 79.9. The van der Waals surface area contributed by atoms with E-state index < -0.39 is 0 Å². The highest BCUT2D eigenvalue weighted by Gasteiger charge is 2.28. The van der Waals surface area contributed by atoms with Crippen LogP contribution in [0.25, 0.3) is 11.5 Å². The molecular formula is C13H14Br2N4O. The molecule has 2 aromatic heterocycles. The van der Waals surface area contributed by atoms with E-state index in [1.807, 2.05) is 6.07 Å². The summed E-state index contributed by atoms with van der Waals surface area (Å²) >= 11 is 6.85. The maximum atomic E-state index is 5.42. The number of pyridine rings is 1. The number of rotatable bonds is 2. The van der Waals surface area contributed by atoms with E-state index >= 15 is 0 Å². The van der Waals surface area contributed by atoms with Crippen LogP contribution >= 0.6 is 31.9 Å². The predicted molar refractivity (Wildman–Crippen MR) is 82.1 cm³/mol. The molecule has 3 rings (SSSR count). The molecule has 3 heterocycles. The Morgan fingerprint density at radius 2 is 2.25 bits per heavy atom. The summed E-state index contributed by atoms with van der Waals surface area (Å²) in [5, 5.41) is 7.49. The second kappa shape index (κ2) is 5.91. The summed E-state index contributed by atoms with van der Waals surface area (Å²) in [7, 11) is 0. The van der Waals surface area contributed by atoms with Gasteiger partial charge in [0.25, 0.3) is 0 Å². The number of hydrogen-bond donors (Lipinski definition) is 1. The monoisotopic (exact) mass is 400 g/mol. The van der Waals surface area contributed by atoms with Gasteiger partial charge in [-0.3, -0.25) is 4.98 Å². The van der Waals surface area contributed by atoms with Gasteiger partial charge in [0.05, 0.1) is 6.04 Å². The van der Waals surface area contributed by atoms with Gasteiger partial charge in [-0.05, 0) is 63.2 Å². The van der Waals surface area contributed by atoms with Crippen LogP contribution in [0.15, 0.2) is 25.7 Å². The molecule has 0 saturated carbocycles. The molecule has 1 fully saturated rings. The lowest BCUT2D eigenvalue weighted by atomic mass is 9.93. The van der Waals surface area contributed by atoms with E-state index in [0.29, 0.717) is 23.3 Å². The normalized spacial score (nSPS) is 22.9. The Morgan fingerprint density at radius 1 is 1.40 bits per heavy atom. The summed E-state index contributed by atoms with van der Waals surface area (Å²) in [6, 6.07) is 2.05. The predicted octanol–water partition coefficient (Wildman–Crippen LogP) is 3.72. The zero-order chi connectivity index (χ0) is 14.1. The van der Waals surface area contributed by atoms with Crippen molar-refractivity contribution in [2.24, 2.45) is 5.92 Å². The molecule has 1 N–H and O–H groups in total. The van der Waals surface area contributed by atoms with Crippen LogP contribution in [-0.2, 0) is 0 Å². The topological polar surface area (TPSA) is 63.8 Å². The van der Waals surface area contributed by atoms with Gasteiger partial charge in [-0.15, -0.1) is 0 Å². The van der Waals surface area contributed by atoms with Crippen molar-refractivity contribution >= 4 is 31.9 Å². The molecule has 5 nitrogen and oxygen atoms in total. The molecule has 2 atom stereocenters. The minimum absolute atomic E-state index is 0.138. The lowest BCUT2D eigenvalue weighted by Gasteiger charge is -2.26. The average Bonchev–Trinajstić information content (AvgIpc) is 2.88. The third kappa shape index (κ3) is 2.80. The molecule has 0 amide bonds. The minimum atomic E-state index is 0.138. The summed E-state index contributed by atoms with van der Waals surface area (Å²) in [5.74, 6) is 1.65. The summed E-state index contributed by atoms with van der Waals surface area (Å²) in [5.41, 5.74) is 0.687. The number of halogens is 2. The lowest BCUT2D eigenvalue weighted by Crippen LogP contribution is -2.33. The zero-order valence-electron chi connectivity index (χ0n) is 10.9. The fraction of sp³-hybridized carbons (Fsp3) is 0.462. The molecule has 2 aromatic rings. The highest BCUT2D eigenvalue weighted by Crippen LogP contribution is 2.31. The number of nitrogens with one attached hydrogen (secondary N) is 1. The van der Waals surface area contributed by atoms with Crippen LogP contribution in [0, 0.1) is 5.92 Å². The highest BCUT2D eigenvalue weighted by molar-refractivity contribution is 9.11. The van der Waals surface area contributed by atoms with E-state index in [9.17, 15) is 0 Å². The van der Waals surface area contributed by atoms with Crippen LogP contribution in [0.1, 0.15) is 31.7 Å². The average molecular weight is 402 g/mol. The Morgan fingerprint density at radius 3 is 3.00 bits per heavy atom. The molecule has 0 aromatic carbocycles. The maximum absolute atomic E-state index is 5.42. The van der Waals surface area contributed by atoms with Crippen molar-refractivity contribution in [1.82, 2.24) is 20.4 Å². The van der Waals surface area contributed by atoms with Crippen molar-refractivity contribution in [3.8, 4) is 11.5 Å². The first-order valence-corrected chi connectivity index (χ1v) is 8.12. The Hall–Kier alpha value is -0.790. The first-order valence-electron chi connectivity index (χ1n) is 6.53. The van der Waals surface area contributed by atoms with Gasteiger partial charge in [-0.2, -0.15) is 4.98 Å². The molecule has 1 aliphatic rings. The molecule has 7 heteroatoms. The third-order valence-corrected chi connectivity index (χ3v) is 4.54. The van der Waals surface area contributed by atoms with Gasteiger partial charge in [-0.25, -0.2) is 0 Å². The maximum Gasteiger partial charge on any atom is 0.244 e.